The van der Waals surface area contributed by atoms with Crippen molar-refractivity contribution < 1.29 is 9.53 Å². The van der Waals surface area contributed by atoms with E-state index < -0.39 is 0 Å². The van der Waals surface area contributed by atoms with Crippen LogP contribution in [0.4, 0.5) is 4.79 Å². The molecule has 1 unspecified atom stereocenters. The Labute approximate surface area is 152 Å². The number of amides is 2. The van der Waals surface area contributed by atoms with Crippen LogP contribution in [0.1, 0.15) is 58.8 Å². The van der Waals surface area contributed by atoms with Gasteiger partial charge in [0.2, 0.25) is 0 Å². The Kier molecular flexibility index (Phi) is 4.74. The Bertz CT molecular complexity index is 473. The largest absolute Gasteiger partial charge is 0.378 e. The molecule has 5 rings (SSSR count). The smallest absolute Gasteiger partial charge is 0.317 e. The maximum absolute atomic E-state index is 12.8. The van der Waals surface area contributed by atoms with E-state index in [2.05, 4.69) is 24.1 Å². The van der Waals surface area contributed by atoms with Crippen molar-refractivity contribution in [3.63, 3.8) is 0 Å². The van der Waals surface area contributed by atoms with E-state index in [1.165, 1.54) is 44.9 Å². The number of piperazine rings is 1. The van der Waals surface area contributed by atoms with Gasteiger partial charge in [0.1, 0.15) is 0 Å². The standard InChI is InChI=1S/C20H35N3O2/c1-3-16(2)19-4-7-20(8-5-19,9-6-19)21-18(24)23-12-10-22(11-13-23)17-14-25-15-17/h16-17H,3-15H2,1-2H3,(H,21,24). The summed E-state index contributed by atoms with van der Waals surface area (Å²) in [5, 5.41) is 3.48. The highest BCUT2D eigenvalue weighted by Gasteiger charge is 2.51. The molecule has 5 heteroatoms. The van der Waals surface area contributed by atoms with E-state index >= 15 is 0 Å². The average Bonchev–Trinajstić information content (AvgIpc) is 2.61. The highest BCUT2D eigenvalue weighted by Crippen LogP contribution is 2.56. The molecule has 5 aliphatic rings. The lowest BCUT2D eigenvalue weighted by Gasteiger charge is -2.56. The van der Waals surface area contributed by atoms with Gasteiger partial charge < -0.3 is 15.0 Å². The van der Waals surface area contributed by atoms with Crippen LogP contribution < -0.4 is 5.32 Å². The number of fused-ring (bicyclic) bond motifs is 3. The summed E-state index contributed by atoms with van der Waals surface area (Å²) in [5.74, 6) is 0.824. The molecular formula is C20H35N3O2. The van der Waals surface area contributed by atoms with Crippen LogP contribution in [0.3, 0.4) is 0 Å². The van der Waals surface area contributed by atoms with Gasteiger partial charge in [-0.3, -0.25) is 4.90 Å². The first-order chi connectivity index (χ1) is 12.1. The summed E-state index contributed by atoms with van der Waals surface area (Å²) in [5.41, 5.74) is 0.656. The van der Waals surface area contributed by atoms with Gasteiger partial charge in [0.05, 0.1) is 19.3 Å². The van der Waals surface area contributed by atoms with Crippen LogP contribution in [-0.4, -0.2) is 66.8 Å². The molecule has 0 radical (unpaired) electrons. The van der Waals surface area contributed by atoms with Crippen LogP contribution in [0.2, 0.25) is 0 Å². The van der Waals surface area contributed by atoms with Gasteiger partial charge in [-0.05, 0) is 49.9 Å². The number of nitrogens with zero attached hydrogens (tertiary/aromatic N) is 2. The third kappa shape index (κ3) is 3.18. The molecule has 142 valence electrons. The normalized spacial score (nSPS) is 37.6. The fourth-order valence-electron chi connectivity index (χ4n) is 5.60. The van der Waals surface area contributed by atoms with Crippen LogP contribution >= 0.6 is 0 Å². The van der Waals surface area contributed by atoms with Crippen molar-refractivity contribution in [3.05, 3.63) is 0 Å². The van der Waals surface area contributed by atoms with E-state index in [1.807, 2.05) is 4.90 Å². The molecule has 3 aliphatic carbocycles. The summed E-state index contributed by atoms with van der Waals surface area (Å²) in [6.07, 6.45) is 8.75. The molecule has 0 spiro atoms. The van der Waals surface area contributed by atoms with Crippen molar-refractivity contribution in [2.24, 2.45) is 11.3 Å². The second kappa shape index (κ2) is 6.73. The zero-order valence-electron chi connectivity index (χ0n) is 16.1. The third-order valence-corrected chi connectivity index (χ3v) is 8.07. The lowest BCUT2D eigenvalue weighted by Crippen LogP contribution is -2.63. The molecule has 3 saturated carbocycles. The van der Waals surface area contributed by atoms with Gasteiger partial charge in [0, 0.05) is 31.7 Å². The summed E-state index contributed by atoms with van der Waals surface area (Å²) in [7, 11) is 0. The molecule has 2 aliphatic heterocycles. The number of carbonyl (C=O) groups excluding carboxylic acids is 1. The van der Waals surface area contributed by atoms with Crippen LogP contribution in [-0.2, 0) is 4.74 Å². The van der Waals surface area contributed by atoms with Crippen molar-refractivity contribution in [1.29, 1.82) is 0 Å². The molecule has 5 nitrogen and oxygen atoms in total. The highest BCUT2D eigenvalue weighted by molar-refractivity contribution is 5.75. The minimum absolute atomic E-state index is 0.0885. The molecule has 0 aromatic carbocycles. The summed E-state index contributed by atoms with van der Waals surface area (Å²) < 4.78 is 5.29. The molecule has 2 saturated heterocycles. The zero-order valence-corrected chi connectivity index (χ0v) is 16.1. The van der Waals surface area contributed by atoms with Gasteiger partial charge in [-0.1, -0.05) is 20.3 Å². The molecule has 2 bridgehead atoms. The summed E-state index contributed by atoms with van der Waals surface area (Å²) in [6, 6.07) is 0.775. The van der Waals surface area contributed by atoms with Crippen molar-refractivity contribution in [2.75, 3.05) is 39.4 Å². The van der Waals surface area contributed by atoms with E-state index in [0.717, 1.165) is 45.3 Å². The predicted octanol–water partition coefficient (Wildman–Crippen LogP) is 2.85. The SMILES string of the molecule is CCC(C)C12CCC(NC(=O)N3CCN(C4COC4)CC3)(CC1)CC2. The number of ether oxygens (including phenoxy) is 1. The van der Waals surface area contributed by atoms with Crippen molar-refractivity contribution in [3.8, 4) is 0 Å². The fraction of sp³-hybridized carbons (Fsp3) is 0.950. The van der Waals surface area contributed by atoms with Crippen molar-refractivity contribution >= 4 is 6.03 Å². The Morgan fingerprint density at radius 3 is 2.16 bits per heavy atom. The maximum atomic E-state index is 12.8. The zero-order chi connectivity index (χ0) is 17.5. The molecule has 25 heavy (non-hydrogen) atoms. The average molecular weight is 350 g/mol. The van der Waals surface area contributed by atoms with Gasteiger partial charge in [0.25, 0.3) is 0 Å². The molecular weight excluding hydrogens is 314 g/mol. The Morgan fingerprint density at radius 1 is 1.08 bits per heavy atom. The van der Waals surface area contributed by atoms with E-state index in [9.17, 15) is 4.79 Å². The third-order valence-electron chi connectivity index (χ3n) is 8.07. The lowest BCUT2D eigenvalue weighted by molar-refractivity contribution is -0.0744. The predicted molar refractivity (Wildman–Crippen MR) is 98.6 cm³/mol. The van der Waals surface area contributed by atoms with Gasteiger partial charge in [-0.15, -0.1) is 0 Å². The van der Waals surface area contributed by atoms with Crippen LogP contribution in [0.15, 0.2) is 0 Å². The molecule has 0 aromatic rings. The maximum Gasteiger partial charge on any atom is 0.317 e. The molecule has 5 fully saturated rings. The van der Waals surface area contributed by atoms with E-state index in [1.54, 1.807) is 0 Å². The number of hydrogen-bond acceptors (Lipinski definition) is 3. The molecule has 1 atom stereocenters. The van der Waals surface area contributed by atoms with E-state index in [4.69, 9.17) is 4.74 Å². The monoisotopic (exact) mass is 349 g/mol. The summed E-state index contributed by atoms with van der Waals surface area (Å²) >= 11 is 0. The van der Waals surface area contributed by atoms with Gasteiger partial charge >= 0.3 is 6.03 Å². The van der Waals surface area contributed by atoms with Crippen molar-refractivity contribution in [1.82, 2.24) is 15.1 Å². The topological polar surface area (TPSA) is 44.8 Å². The number of carbonyl (C=O) groups is 1. The van der Waals surface area contributed by atoms with E-state index in [-0.39, 0.29) is 11.6 Å². The van der Waals surface area contributed by atoms with Crippen molar-refractivity contribution in [2.45, 2.75) is 70.4 Å². The van der Waals surface area contributed by atoms with Gasteiger partial charge in [-0.2, -0.15) is 0 Å². The highest BCUT2D eigenvalue weighted by atomic mass is 16.5. The van der Waals surface area contributed by atoms with E-state index in [0.29, 0.717) is 11.5 Å². The number of rotatable bonds is 4. The van der Waals surface area contributed by atoms with Gasteiger partial charge in [-0.25, -0.2) is 4.79 Å². The minimum atomic E-state index is 0.0885. The Balaban J connectivity index is 1.29. The summed E-state index contributed by atoms with van der Waals surface area (Å²) in [6.45, 7) is 10.2. The Morgan fingerprint density at radius 2 is 1.68 bits per heavy atom. The first-order valence-electron chi connectivity index (χ1n) is 10.4. The number of urea groups is 1. The first kappa shape index (κ1) is 17.6. The van der Waals surface area contributed by atoms with Gasteiger partial charge in [0.15, 0.2) is 0 Å². The van der Waals surface area contributed by atoms with Crippen LogP contribution in [0.25, 0.3) is 0 Å². The summed E-state index contributed by atoms with van der Waals surface area (Å²) in [4.78, 5) is 17.4. The molecule has 1 N–H and O–H groups in total. The second-order valence-corrected chi connectivity index (χ2v) is 9.10. The molecule has 2 heterocycles. The molecule has 2 amide bonds. The van der Waals surface area contributed by atoms with Crippen LogP contribution in [0.5, 0.6) is 0 Å². The number of hydrogen-bond donors (Lipinski definition) is 1. The quantitative estimate of drug-likeness (QED) is 0.849. The Hall–Kier alpha value is -0.810. The second-order valence-electron chi connectivity index (χ2n) is 9.10. The fourth-order valence-corrected chi connectivity index (χ4v) is 5.60. The minimum Gasteiger partial charge on any atom is -0.378 e. The lowest BCUT2D eigenvalue weighted by atomic mass is 9.53. The first-order valence-corrected chi connectivity index (χ1v) is 10.4. The number of nitrogens with one attached hydrogen (secondary N) is 1. The molecule has 0 aromatic heterocycles. The van der Waals surface area contributed by atoms with Crippen LogP contribution in [0, 0.1) is 11.3 Å².